The van der Waals surface area contributed by atoms with Crippen molar-refractivity contribution in [3.8, 4) is 17.0 Å². The number of methoxy groups -OCH3 is 1. The number of nitrogens with zero attached hydrogens (tertiary/aromatic N) is 2. The van der Waals surface area contributed by atoms with Crippen molar-refractivity contribution >= 4 is 5.82 Å². The van der Waals surface area contributed by atoms with Crippen LogP contribution in [0.15, 0.2) is 67.0 Å². The topological polar surface area (TPSA) is 56.3 Å². The van der Waals surface area contributed by atoms with Gasteiger partial charge in [0, 0.05) is 24.1 Å². The van der Waals surface area contributed by atoms with E-state index in [0.717, 1.165) is 55.2 Å². The molecular weight excluding hydrogens is 386 g/mol. The second-order valence-corrected chi connectivity index (χ2v) is 8.88. The number of hydrogen-bond donors (Lipinski definition) is 1. The van der Waals surface area contributed by atoms with Crippen LogP contribution >= 0.6 is 0 Å². The average Bonchev–Trinajstić information content (AvgIpc) is 2.79. The van der Waals surface area contributed by atoms with Crippen LogP contribution in [0, 0.1) is 0 Å². The van der Waals surface area contributed by atoms with Crippen LogP contribution in [0.25, 0.3) is 11.3 Å². The van der Waals surface area contributed by atoms with Crippen molar-refractivity contribution in [2.75, 3.05) is 25.6 Å². The van der Waals surface area contributed by atoms with Crippen molar-refractivity contribution in [1.29, 1.82) is 0 Å². The van der Waals surface area contributed by atoms with Crippen LogP contribution < -0.4 is 10.1 Å². The minimum Gasteiger partial charge on any atom is -0.497 e. The Hall–Kier alpha value is -2.92. The second kappa shape index (κ2) is 9.06. The molecular formula is C26H31N3O2. The number of nitrogens with one attached hydrogen (secondary N) is 1. The zero-order valence-electron chi connectivity index (χ0n) is 18.6. The van der Waals surface area contributed by atoms with Crippen molar-refractivity contribution in [3.63, 3.8) is 0 Å². The van der Waals surface area contributed by atoms with E-state index < -0.39 is 0 Å². The molecule has 162 valence electrons. The Kier molecular flexibility index (Phi) is 6.23. The summed E-state index contributed by atoms with van der Waals surface area (Å²) in [5.74, 6) is 1.60. The predicted molar refractivity (Wildman–Crippen MR) is 125 cm³/mol. The van der Waals surface area contributed by atoms with Gasteiger partial charge in [-0.1, -0.05) is 42.5 Å². The monoisotopic (exact) mass is 417 g/mol. The molecule has 5 nitrogen and oxygen atoms in total. The molecule has 0 bridgehead atoms. The third-order valence-electron chi connectivity index (χ3n) is 6.13. The fourth-order valence-corrected chi connectivity index (χ4v) is 4.68. The highest BCUT2D eigenvalue weighted by molar-refractivity contribution is 5.61. The molecule has 1 fully saturated rings. The van der Waals surface area contributed by atoms with Gasteiger partial charge < -0.3 is 14.8 Å². The Bertz CT molecular complexity index is 1010. The Morgan fingerprint density at radius 2 is 1.90 bits per heavy atom. The number of benzene rings is 2. The lowest BCUT2D eigenvalue weighted by atomic mass is 9.67. The van der Waals surface area contributed by atoms with Crippen LogP contribution in [0.2, 0.25) is 0 Å². The fourth-order valence-electron chi connectivity index (χ4n) is 4.68. The van der Waals surface area contributed by atoms with Crippen molar-refractivity contribution in [2.24, 2.45) is 0 Å². The van der Waals surface area contributed by atoms with Gasteiger partial charge in [-0.25, -0.2) is 4.98 Å². The third-order valence-corrected chi connectivity index (χ3v) is 6.13. The highest BCUT2D eigenvalue weighted by Crippen LogP contribution is 2.43. The number of rotatable bonds is 7. The van der Waals surface area contributed by atoms with Gasteiger partial charge in [0.25, 0.3) is 0 Å². The lowest BCUT2D eigenvalue weighted by Crippen LogP contribution is -2.44. The summed E-state index contributed by atoms with van der Waals surface area (Å²) in [7, 11) is 1.67. The lowest BCUT2D eigenvalue weighted by molar-refractivity contribution is -0.0835. The largest absolute Gasteiger partial charge is 0.497 e. The van der Waals surface area contributed by atoms with E-state index in [4.69, 9.17) is 14.5 Å². The van der Waals surface area contributed by atoms with Crippen molar-refractivity contribution in [2.45, 2.75) is 44.1 Å². The number of hydrogen-bond acceptors (Lipinski definition) is 5. The van der Waals surface area contributed by atoms with E-state index in [2.05, 4.69) is 54.5 Å². The molecule has 5 heteroatoms. The maximum atomic E-state index is 6.04. The molecule has 1 aromatic heterocycles. The van der Waals surface area contributed by atoms with Gasteiger partial charge >= 0.3 is 0 Å². The Morgan fingerprint density at radius 1 is 1.06 bits per heavy atom. The SMILES string of the molecule is COc1cccc(-c2cncc(NCCC3(c4ccccc4)CCOC(C)(C)C3)n2)c1. The maximum Gasteiger partial charge on any atom is 0.145 e. The summed E-state index contributed by atoms with van der Waals surface area (Å²) in [5.41, 5.74) is 3.18. The molecule has 1 N–H and O–H groups in total. The molecule has 1 unspecified atom stereocenters. The fraction of sp³-hybridized carbons (Fsp3) is 0.385. The van der Waals surface area contributed by atoms with Crippen LogP contribution in [0.3, 0.4) is 0 Å². The maximum absolute atomic E-state index is 6.04. The van der Waals surface area contributed by atoms with Gasteiger partial charge in [0.15, 0.2) is 0 Å². The number of anilines is 1. The van der Waals surface area contributed by atoms with E-state index in [1.165, 1.54) is 5.56 Å². The predicted octanol–water partition coefficient (Wildman–Crippen LogP) is 5.48. The molecule has 4 rings (SSSR count). The summed E-state index contributed by atoms with van der Waals surface area (Å²) < 4.78 is 11.4. The first-order valence-electron chi connectivity index (χ1n) is 10.9. The molecule has 31 heavy (non-hydrogen) atoms. The number of aromatic nitrogens is 2. The van der Waals surface area contributed by atoms with Gasteiger partial charge in [0.05, 0.1) is 30.8 Å². The van der Waals surface area contributed by atoms with Crippen LogP contribution in [0.1, 0.15) is 38.7 Å². The molecule has 0 amide bonds. The van der Waals surface area contributed by atoms with E-state index in [1.54, 1.807) is 19.5 Å². The minimum absolute atomic E-state index is 0.0911. The quantitative estimate of drug-likeness (QED) is 0.551. The van der Waals surface area contributed by atoms with Gasteiger partial charge in [0.2, 0.25) is 0 Å². The summed E-state index contributed by atoms with van der Waals surface area (Å²) in [6.07, 6.45) is 6.60. The van der Waals surface area contributed by atoms with Gasteiger partial charge in [-0.2, -0.15) is 0 Å². The molecule has 0 aliphatic carbocycles. The zero-order chi connectivity index (χ0) is 21.7. The standard InChI is InChI=1S/C26H31N3O2/c1-25(2)19-26(13-15-31-25,21-9-5-4-6-10-21)12-14-28-24-18-27-17-23(29-24)20-8-7-11-22(16-20)30-3/h4-11,16-18H,12-15,19H2,1-3H3,(H,28,29). The van der Waals surface area contributed by atoms with E-state index in [0.29, 0.717) is 0 Å². The Balaban J connectivity index is 1.49. The van der Waals surface area contributed by atoms with Gasteiger partial charge in [-0.3, -0.25) is 4.98 Å². The molecule has 1 aliphatic heterocycles. The second-order valence-electron chi connectivity index (χ2n) is 8.88. The Morgan fingerprint density at radius 3 is 2.68 bits per heavy atom. The first-order chi connectivity index (χ1) is 15.0. The molecule has 1 aliphatic rings. The molecule has 3 aromatic rings. The normalized spacial score (nSPS) is 20.2. The van der Waals surface area contributed by atoms with Crippen molar-refractivity contribution in [3.05, 3.63) is 72.6 Å². The summed E-state index contributed by atoms with van der Waals surface area (Å²) >= 11 is 0. The molecule has 0 spiro atoms. The molecule has 2 aromatic carbocycles. The average molecular weight is 418 g/mol. The molecule has 1 atom stereocenters. The van der Waals surface area contributed by atoms with E-state index >= 15 is 0 Å². The molecule has 2 heterocycles. The molecule has 0 radical (unpaired) electrons. The van der Waals surface area contributed by atoms with E-state index in [1.807, 2.05) is 24.3 Å². The third kappa shape index (κ3) is 5.05. The molecule has 1 saturated heterocycles. The first-order valence-corrected chi connectivity index (χ1v) is 10.9. The van der Waals surface area contributed by atoms with E-state index in [9.17, 15) is 0 Å². The highest BCUT2D eigenvalue weighted by atomic mass is 16.5. The summed E-state index contributed by atoms with van der Waals surface area (Å²) in [4.78, 5) is 9.17. The number of ether oxygens (including phenoxy) is 2. The molecule has 0 saturated carbocycles. The van der Waals surface area contributed by atoms with Gasteiger partial charge in [-0.15, -0.1) is 0 Å². The minimum atomic E-state index is -0.125. The van der Waals surface area contributed by atoms with Crippen LogP contribution in [0.4, 0.5) is 5.82 Å². The van der Waals surface area contributed by atoms with Gasteiger partial charge in [-0.05, 0) is 50.8 Å². The van der Waals surface area contributed by atoms with Crippen molar-refractivity contribution < 1.29 is 9.47 Å². The smallest absolute Gasteiger partial charge is 0.145 e. The Labute approximate surface area is 184 Å². The summed E-state index contributed by atoms with van der Waals surface area (Å²) in [6.45, 7) is 6.00. The summed E-state index contributed by atoms with van der Waals surface area (Å²) in [5, 5.41) is 3.51. The van der Waals surface area contributed by atoms with Crippen LogP contribution in [-0.2, 0) is 10.2 Å². The summed E-state index contributed by atoms with van der Waals surface area (Å²) in [6, 6.07) is 18.7. The lowest BCUT2D eigenvalue weighted by Gasteiger charge is -2.45. The van der Waals surface area contributed by atoms with Crippen LogP contribution in [0.5, 0.6) is 5.75 Å². The first kappa shape index (κ1) is 21.3. The highest BCUT2D eigenvalue weighted by Gasteiger charge is 2.41. The van der Waals surface area contributed by atoms with E-state index in [-0.39, 0.29) is 11.0 Å². The van der Waals surface area contributed by atoms with Crippen LogP contribution in [-0.4, -0.2) is 35.8 Å². The zero-order valence-corrected chi connectivity index (χ0v) is 18.6. The van der Waals surface area contributed by atoms with Crippen molar-refractivity contribution in [1.82, 2.24) is 9.97 Å². The van der Waals surface area contributed by atoms with Gasteiger partial charge in [0.1, 0.15) is 11.6 Å².